The molecule has 2 saturated heterocycles. The van der Waals surface area contributed by atoms with Gasteiger partial charge in [-0.3, -0.25) is 4.79 Å². The molecule has 0 aromatic heterocycles. The van der Waals surface area contributed by atoms with Crippen LogP contribution >= 0.6 is 0 Å². The topological polar surface area (TPSA) is 32.3 Å². The van der Waals surface area contributed by atoms with Gasteiger partial charge < -0.3 is 10.2 Å². The second-order valence-corrected chi connectivity index (χ2v) is 5.01. The summed E-state index contributed by atoms with van der Waals surface area (Å²) in [5.41, 5.74) is 0.318. The monoisotopic (exact) mass is 196 g/mol. The molecule has 80 valence electrons. The van der Waals surface area contributed by atoms with Crippen molar-refractivity contribution in [3.63, 3.8) is 0 Å². The molecule has 0 saturated carbocycles. The molecular weight excluding hydrogens is 176 g/mol. The van der Waals surface area contributed by atoms with Crippen LogP contribution in [0.3, 0.4) is 0 Å². The predicted molar refractivity (Wildman–Crippen MR) is 56.0 cm³/mol. The van der Waals surface area contributed by atoms with Crippen molar-refractivity contribution in [1.82, 2.24) is 10.2 Å². The lowest BCUT2D eigenvalue weighted by molar-refractivity contribution is -0.129. The molecule has 0 aromatic rings. The third-order valence-electron chi connectivity index (χ3n) is 3.43. The van der Waals surface area contributed by atoms with E-state index in [0.717, 1.165) is 39.0 Å². The molecule has 1 N–H and O–H groups in total. The van der Waals surface area contributed by atoms with Crippen LogP contribution < -0.4 is 5.32 Å². The van der Waals surface area contributed by atoms with E-state index >= 15 is 0 Å². The molecular formula is C11H20N2O. The van der Waals surface area contributed by atoms with Gasteiger partial charge in [0, 0.05) is 26.1 Å². The summed E-state index contributed by atoms with van der Waals surface area (Å²) in [5.74, 6) is 0.358. The molecule has 2 heterocycles. The predicted octanol–water partition coefficient (Wildman–Crippen LogP) is 0.998. The third kappa shape index (κ3) is 2.08. The van der Waals surface area contributed by atoms with Crippen molar-refractivity contribution in [2.75, 3.05) is 26.2 Å². The van der Waals surface area contributed by atoms with E-state index in [-0.39, 0.29) is 0 Å². The number of likely N-dealkylation sites (tertiary alicyclic amines) is 1. The lowest BCUT2D eigenvalue weighted by Crippen LogP contribution is -2.46. The molecule has 2 aliphatic heterocycles. The molecule has 1 amide bonds. The van der Waals surface area contributed by atoms with Gasteiger partial charge in [-0.1, -0.05) is 6.92 Å². The molecule has 3 heteroatoms. The van der Waals surface area contributed by atoms with Crippen LogP contribution in [0.15, 0.2) is 0 Å². The summed E-state index contributed by atoms with van der Waals surface area (Å²) in [6, 6.07) is 0. The minimum Gasteiger partial charge on any atom is -0.342 e. The molecule has 2 rings (SSSR count). The average Bonchev–Trinajstić information content (AvgIpc) is 2.52. The van der Waals surface area contributed by atoms with Crippen molar-refractivity contribution in [2.45, 2.75) is 32.6 Å². The summed E-state index contributed by atoms with van der Waals surface area (Å²) in [6.07, 6.45) is 4.33. The fraction of sp³-hybridized carbons (Fsp3) is 0.909. The summed E-state index contributed by atoms with van der Waals surface area (Å²) in [6.45, 7) is 6.44. The molecule has 1 atom stereocenters. The summed E-state index contributed by atoms with van der Waals surface area (Å²) in [7, 11) is 0. The van der Waals surface area contributed by atoms with Crippen molar-refractivity contribution >= 4 is 5.91 Å². The van der Waals surface area contributed by atoms with Gasteiger partial charge in [0.2, 0.25) is 5.91 Å². The quantitative estimate of drug-likeness (QED) is 0.714. The highest BCUT2D eigenvalue weighted by atomic mass is 16.2. The van der Waals surface area contributed by atoms with Gasteiger partial charge in [-0.05, 0) is 31.2 Å². The zero-order valence-electron chi connectivity index (χ0n) is 9.01. The molecule has 3 nitrogen and oxygen atoms in total. The number of hydrogen-bond acceptors (Lipinski definition) is 2. The van der Waals surface area contributed by atoms with E-state index in [1.165, 1.54) is 12.8 Å². The number of nitrogens with one attached hydrogen (secondary N) is 1. The first-order valence-electron chi connectivity index (χ1n) is 5.68. The smallest absolute Gasteiger partial charge is 0.222 e. The van der Waals surface area contributed by atoms with Gasteiger partial charge in [0.05, 0.1) is 0 Å². The first-order valence-corrected chi connectivity index (χ1v) is 5.68. The fourth-order valence-corrected chi connectivity index (χ4v) is 2.59. The van der Waals surface area contributed by atoms with Crippen LogP contribution in [0.5, 0.6) is 0 Å². The first kappa shape index (κ1) is 9.97. The van der Waals surface area contributed by atoms with E-state index in [1.807, 2.05) is 4.90 Å². The summed E-state index contributed by atoms with van der Waals surface area (Å²) in [4.78, 5) is 13.5. The maximum Gasteiger partial charge on any atom is 0.222 e. The Bertz CT molecular complexity index is 221. The van der Waals surface area contributed by atoms with Gasteiger partial charge in [-0.25, -0.2) is 0 Å². The van der Waals surface area contributed by atoms with Crippen LogP contribution in [0, 0.1) is 5.41 Å². The second-order valence-electron chi connectivity index (χ2n) is 5.01. The van der Waals surface area contributed by atoms with Crippen LogP contribution in [0.25, 0.3) is 0 Å². The molecule has 14 heavy (non-hydrogen) atoms. The van der Waals surface area contributed by atoms with Crippen LogP contribution in [0.1, 0.15) is 32.6 Å². The number of piperidine rings is 1. The van der Waals surface area contributed by atoms with E-state index in [9.17, 15) is 4.79 Å². The Hall–Kier alpha value is -0.570. The molecule has 1 unspecified atom stereocenters. The largest absolute Gasteiger partial charge is 0.342 e. The zero-order chi connectivity index (χ0) is 10.0. The minimum absolute atomic E-state index is 0.318. The second kappa shape index (κ2) is 3.89. The van der Waals surface area contributed by atoms with Gasteiger partial charge >= 0.3 is 0 Å². The van der Waals surface area contributed by atoms with E-state index in [1.54, 1.807) is 0 Å². The Balaban J connectivity index is 1.91. The lowest BCUT2D eigenvalue weighted by atomic mass is 9.82. The van der Waals surface area contributed by atoms with E-state index in [4.69, 9.17) is 0 Å². The highest BCUT2D eigenvalue weighted by molar-refractivity contribution is 5.78. The van der Waals surface area contributed by atoms with Gasteiger partial charge in [-0.15, -0.1) is 0 Å². The number of hydrogen-bond donors (Lipinski definition) is 1. The molecule has 0 spiro atoms. The maximum atomic E-state index is 11.5. The van der Waals surface area contributed by atoms with Crippen LogP contribution in [-0.4, -0.2) is 37.0 Å². The van der Waals surface area contributed by atoms with Gasteiger partial charge in [0.25, 0.3) is 0 Å². The Labute approximate surface area is 85.8 Å². The van der Waals surface area contributed by atoms with Crippen molar-refractivity contribution < 1.29 is 4.79 Å². The third-order valence-corrected chi connectivity index (χ3v) is 3.43. The Kier molecular flexibility index (Phi) is 2.77. The molecule has 0 aromatic carbocycles. The number of rotatable bonds is 2. The fourth-order valence-electron chi connectivity index (χ4n) is 2.59. The maximum absolute atomic E-state index is 11.5. The minimum atomic E-state index is 0.318. The Morgan fingerprint density at radius 3 is 2.93 bits per heavy atom. The molecule has 0 aliphatic carbocycles. The first-order chi connectivity index (χ1) is 6.70. The molecule has 2 fully saturated rings. The summed E-state index contributed by atoms with van der Waals surface area (Å²) < 4.78 is 0. The summed E-state index contributed by atoms with van der Waals surface area (Å²) >= 11 is 0. The van der Waals surface area contributed by atoms with Gasteiger partial charge in [0.15, 0.2) is 0 Å². The highest BCUT2D eigenvalue weighted by Crippen LogP contribution is 2.28. The molecule has 0 bridgehead atoms. The normalized spacial score (nSPS) is 33.8. The number of amides is 1. The summed E-state index contributed by atoms with van der Waals surface area (Å²) in [5, 5.41) is 3.43. The van der Waals surface area contributed by atoms with Crippen molar-refractivity contribution in [1.29, 1.82) is 0 Å². The van der Waals surface area contributed by atoms with E-state index < -0.39 is 0 Å². The van der Waals surface area contributed by atoms with Gasteiger partial charge in [0.1, 0.15) is 0 Å². The van der Waals surface area contributed by atoms with Crippen molar-refractivity contribution in [3.8, 4) is 0 Å². The number of carbonyl (C=O) groups is 1. The Morgan fingerprint density at radius 1 is 1.50 bits per heavy atom. The lowest BCUT2D eigenvalue weighted by Gasteiger charge is -2.37. The van der Waals surface area contributed by atoms with Crippen LogP contribution in [0.2, 0.25) is 0 Å². The van der Waals surface area contributed by atoms with Crippen LogP contribution in [0.4, 0.5) is 0 Å². The van der Waals surface area contributed by atoms with Crippen molar-refractivity contribution in [3.05, 3.63) is 0 Å². The average molecular weight is 196 g/mol. The number of carbonyl (C=O) groups excluding carboxylic acids is 1. The van der Waals surface area contributed by atoms with Crippen LogP contribution in [-0.2, 0) is 4.79 Å². The SMILES string of the molecule is CC1(CN2CCCC2=O)CCCNC1. The molecule has 2 aliphatic rings. The van der Waals surface area contributed by atoms with Gasteiger partial charge in [-0.2, -0.15) is 0 Å². The molecule has 0 radical (unpaired) electrons. The zero-order valence-corrected chi connectivity index (χ0v) is 9.01. The number of nitrogens with zero attached hydrogens (tertiary/aromatic N) is 1. The van der Waals surface area contributed by atoms with E-state index in [2.05, 4.69) is 12.2 Å². The standard InChI is InChI=1S/C11H20N2O/c1-11(5-3-6-12-8-11)9-13-7-2-4-10(13)14/h12H,2-9H2,1H3. The highest BCUT2D eigenvalue weighted by Gasteiger charge is 2.32. The van der Waals surface area contributed by atoms with Crippen molar-refractivity contribution in [2.24, 2.45) is 5.41 Å². The Morgan fingerprint density at radius 2 is 2.36 bits per heavy atom. The van der Waals surface area contributed by atoms with E-state index in [0.29, 0.717) is 11.3 Å².